The van der Waals surface area contributed by atoms with E-state index < -0.39 is 0 Å². The Morgan fingerprint density at radius 2 is 1.61 bits per heavy atom. The van der Waals surface area contributed by atoms with Crippen LogP contribution in [0.4, 0.5) is 5.69 Å². The quantitative estimate of drug-likeness (QED) is 0.714. The Kier molecular flexibility index (Phi) is 3.39. The van der Waals surface area contributed by atoms with Gasteiger partial charge in [0, 0.05) is 6.42 Å². The van der Waals surface area contributed by atoms with Crippen LogP contribution in [0.3, 0.4) is 0 Å². The Balaban J connectivity index is 1.65. The van der Waals surface area contributed by atoms with Gasteiger partial charge in [0.25, 0.3) is 5.91 Å². The summed E-state index contributed by atoms with van der Waals surface area (Å²) < 4.78 is 0. The molecule has 0 N–H and O–H groups in total. The van der Waals surface area contributed by atoms with Crippen LogP contribution in [-0.4, -0.2) is 11.6 Å². The van der Waals surface area contributed by atoms with E-state index in [4.69, 9.17) is 0 Å². The fourth-order valence-corrected chi connectivity index (χ4v) is 3.02. The Hall–Kier alpha value is -2.94. The maximum atomic E-state index is 12.3. The summed E-state index contributed by atoms with van der Waals surface area (Å²) >= 11 is 0. The summed E-state index contributed by atoms with van der Waals surface area (Å²) in [5.41, 5.74) is 2.95. The average Bonchev–Trinajstić information content (AvgIpc) is 2.96. The zero-order chi connectivity index (χ0) is 15.6. The molecule has 0 aromatic heterocycles. The first-order valence-corrected chi connectivity index (χ1v) is 7.72. The van der Waals surface area contributed by atoms with Gasteiger partial charge in [0.05, 0.1) is 17.8 Å². The fraction of sp³-hybridized carbons (Fsp3) is 0.100. The highest BCUT2D eigenvalue weighted by atomic mass is 16.2. The van der Waals surface area contributed by atoms with E-state index in [1.807, 2.05) is 42.5 Å². The SMILES string of the molecule is O=C1CC(Cc2cccc3ccccc23)=NN1c1ccccc1. The lowest BCUT2D eigenvalue weighted by Gasteiger charge is -2.10. The summed E-state index contributed by atoms with van der Waals surface area (Å²) in [7, 11) is 0. The maximum absolute atomic E-state index is 12.3. The summed E-state index contributed by atoms with van der Waals surface area (Å²) in [6.07, 6.45) is 1.09. The zero-order valence-electron chi connectivity index (χ0n) is 12.6. The highest BCUT2D eigenvalue weighted by molar-refractivity contribution is 6.14. The van der Waals surface area contributed by atoms with Gasteiger partial charge in [-0.25, -0.2) is 5.01 Å². The van der Waals surface area contributed by atoms with Crippen LogP contribution < -0.4 is 5.01 Å². The molecule has 3 aromatic rings. The van der Waals surface area contributed by atoms with Gasteiger partial charge in [-0.3, -0.25) is 4.79 Å². The number of hydrazone groups is 1. The van der Waals surface area contributed by atoms with Crippen molar-refractivity contribution in [3.63, 3.8) is 0 Å². The number of para-hydroxylation sites is 1. The van der Waals surface area contributed by atoms with Crippen LogP contribution in [0.1, 0.15) is 12.0 Å². The van der Waals surface area contributed by atoms with E-state index in [9.17, 15) is 4.79 Å². The minimum absolute atomic E-state index is 0.0337. The highest BCUT2D eigenvalue weighted by Crippen LogP contribution is 2.24. The predicted molar refractivity (Wildman–Crippen MR) is 93.6 cm³/mol. The Labute approximate surface area is 134 Å². The van der Waals surface area contributed by atoms with E-state index in [0.29, 0.717) is 12.8 Å². The standard InChI is InChI=1S/C20H16N2O/c23-20-14-17(21-22(20)18-10-2-1-3-11-18)13-16-9-6-8-15-7-4-5-12-19(15)16/h1-12H,13-14H2. The van der Waals surface area contributed by atoms with Crippen LogP contribution in [0.5, 0.6) is 0 Å². The minimum Gasteiger partial charge on any atom is -0.272 e. The molecule has 1 amide bonds. The molecule has 0 fully saturated rings. The molecule has 3 heteroatoms. The maximum Gasteiger partial charge on any atom is 0.253 e. The van der Waals surface area contributed by atoms with Crippen LogP contribution in [-0.2, 0) is 11.2 Å². The second-order valence-electron chi connectivity index (χ2n) is 5.70. The molecule has 4 rings (SSSR count). The van der Waals surface area contributed by atoms with Crippen molar-refractivity contribution in [1.82, 2.24) is 0 Å². The van der Waals surface area contributed by atoms with E-state index in [2.05, 4.69) is 35.4 Å². The number of nitrogens with zero attached hydrogens (tertiary/aromatic N) is 2. The Bertz CT molecular complexity index is 894. The number of carbonyl (C=O) groups is 1. The van der Waals surface area contributed by atoms with Gasteiger partial charge in [-0.1, -0.05) is 60.7 Å². The number of amides is 1. The predicted octanol–water partition coefficient (Wildman–Crippen LogP) is 4.18. The number of hydrogen-bond donors (Lipinski definition) is 0. The van der Waals surface area contributed by atoms with Gasteiger partial charge in [-0.2, -0.15) is 5.10 Å². The van der Waals surface area contributed by atoms with Crippen molar-refractivity contribution in [3.05, 3.63) is 78.4 Å². The molecule has 0 spiro atoms. The zero-order valence-corrected chi connectivity index (χ0v) is 12.6. The molecule has 0 bridgehead atoms. The second kappa shape index (κ2) is 5.69. The summed E-state index contributed by atoms with van der Waals surface area (Å²) in [5, 5.41) is 8.50. The first-order chi connectivity index (χ1) is 11.3. The molecule has 3 nitrogen and oxygen atoms in total. The van der Waals surface area contributed by atoms with Gasteiger partial charge in [-0.15, -0.1) is 0 Å². The van der Waals surface area contributed by atoms with Crippen LogP contribution in [0.25, 0.3) is 10.8 Å². The van der Waals surface area contributed by atoms with Crippen molar-refractivity contribution >= 4 is 28.1 Å². The molecule has 0 saturated carbocycles. The van der Waals surface area contributed by atoms with Gasteiger partial charge in [0.2, 0.25) is 0 Å². The average molecular weight is 300 g/mol. The molecular weight excluding hydrogens is 284 g/mol. The summed E-state index contributed by atoms with van der Waals surface area (Å²) in [5.74, 6) is 0.0337. The molecule has 0 saturated heterocycles. The van der Waals surface area contributed by atoms with Gasteiger partial charge >= 0.3 is 0 Å². The molecule has 23 heavy (non-hydrogen) atoms. The van der Waals surface area contributed by atoms with E-state index in [0.717, 1.165) is 11.4 Å². The van der Waals surface area contributed by atoms with Crippen LogP contribution >= 0.6 is 0 Å². The minimum atomic E-state index is 0.0337. The third-order valence-electron chi connectivity index (χ3n) is 4.11. The van der Waals surface area contributed by atoms with E-state index in [1.54, 1.807) is 0 Å². The van der Waals surface area contributed by atoms with Crippen LogP contribution in [0.2, 0.25) is 0 Å². The number of hydrogen-bond acceptors (Lipinski definition) is 2. The third-order valence-corrected chi connectivity index (χ3v) is 4.11. The van der Waals surface area contributed by atoms with Gasteiger partial charge in [0.15, 0.2) is 0 Å². The summed E-state index contributed by atoms with van der Waals surface area (Å²) in [6.45, 7) is 0. The van der Waals surface area contributed by atoms with Crippen LogP contribution in [0.15, 0.2) is 77.9 Å². The smallest absolute Gasteiger partial charge is 0.253 e. The molecular formula is C20H16N2O. The van der Waals surface area contributed by atoms with Crippen LogP contribution in [0, 0.1) is 0 Å². The van der Waals surface area contributed by atoms with Gasteiger partial charge < -0.3 is 0 Å². The van der Waals surface area contributed by atoms with Crippen molar-refractivity contribution in [3.8, 4) is 0 Å². The van der Waals surface area contributed by atoms with Gasteiger partial charge in [-0.05, 0) is 28.5 Å². The number of fused-ring (bicyclic) bond motifs is 1. The normalized spacial score (nSPS) is 14.3. The van der Waals surface area contributed by atoms with Crippen molar-refractivity contribution in [2.75, 3.05) is 5.01 Å². The third kappa shape index (κ3) is 2.61. The molecule has 1 aliphatic heterocycles. The number of carbonyl (C=O) groups excluding carboxylic acids is 1. The van der Waals surface area contributed by atoms with E-state index >= 15 is 0 Å². The molecule has 0 aliphatic carbocycles. The van der Waals surface area contributed by atoms with E-state index in [1.165, 1.54) is 21.3 Å². The summed E-state index contributed by atoms with van der Waals surface area (Å²) in [6, 6.07) is 24.2. The number of rotatable bonds is 3. The lowest BCUT2D eigenvalue weighted by atomic mass is 9.99. The molecule has 0 radical (unpaired) electrons. The molecule has 0 atom stereocenters. The Morgan fingerprint density at radius 3 is 2.48 bits per heavy atom. The monoisotopic (exact) mass is 300 g/mol. The molecule has 1 aliphatic rings. The number of anilines is 1. The molecule has 3 aromatic carbocycles. The second-order valence-corrected chi connectivity index (χ2v) is 5.70. The van der Waals surface area contributed by atoms with Gasteiger partial charge in [0.1, 0.15) is 0 Å². The first kappa shape index (κ1) is 13.7. The molecule has 112 valence electrons. The van der Waals surface area contributed by atoms with Crippen molar-refractivity contribution < 1.29 is 4.79 Å². The highest BCUT2D eigenvalue weighted by Gasteiger charge is 2.25. The lowest BCUT2D eigenvalue weighted by molar-refractivity contribution is -0.116. The topological polar surface area (TPSA) is 32.7 Å². The fourth-order valence-electron chi connectivity index (χ4n) is 3.02. The first-order valence-electron chi connectivity index (χ1n) is 7.72. The van der Waals surface area contributed by atoms with Crippen molar-refractivity contribution in [2.45, 2.75) is 12.8 Å². The molecule has 0 unspecified atom stereocenters. The summed E-state index contributed by atoms with van der Waals surface area (Å²) in [4.78, 5) is 12.3. The van der Waals surface area contributed by atoms with E-state index in [-0.39, 0.29) is 5.91 Å². The number of benzene rings is 3. The largest absolute Gasteiger partial charge is 0.272 e. The lowest BCUT2D eigenvalue weighted by Crippen LogP contribution is -2.19. The Morgan fingerprint density at radius 1 is 0.870 bits per heavy atom. The van der Waals surface area contributed by atoms with Crippen molar-refractivity contribution in [2.24, 2.45) is 5.10 Å². The molecule has 1 heterocycles. The van der Waals surface area contributed by atoms with Crippen molar-refractivity contribution in [1.29, 1.82) is 0 Å².